The predicted molar refractivity (Wildman–Crippen MR) is 121 cm³/mol. The minimum Gasteiger partial charge on any atom is -0.353 e. The van der Waals surface area contributed by atoms with Gasteiger partial charge in [-0.1, -0.05) is 11.6 Å². The number of aromatic nitrogens is 5. The minimum atomic E-state index is -0.950. The zero-order valence-electron chi connectivity index (χ0n) is 18.4. The Balaban J connectivity index is 1.26. The molecule has 4 aromatic rings. The van der Waals surface area contributed by atoms with E-state index in [4.69, 9.17) is 0 Å². The normalized spacial score (nSPS) is 19.7. The number of nitrogens with zero attached hydrogens (tertiary/aromatic N) is 7. The van der Waals surface area contributed by atoms with E-state index in [1.54, 1.807) is 18.6 Å². The van der Waals surface area contributed by atoms with Crippen LogP contribution in [-0.2, 0) is 0 Å². The molecule has 0 saturated carbocycles. The van der Waals surface area contributed by atoms with Crippen molar-refractivity contribution < 1.29 is 13.6 Å². The van der Waals surface area contributed by atoms with E-state index in [1.165, 1.54) is 4.80 Å². The van der Waals surface area contributed by atoms with E-state index in [-0.39, 0.29) is 11.9 Å². The highest BCUT2D eigenvalue weighted by Crippen LogP contribution is 2.36. The van der Waals surface area contributed by atoms with Crippen LogP contribution >= 0.6 is 0 Å². The van der Waals surface area contributed by atoms with E-state index >= 15 is 0 Å². The van der Waals surface area contributed by atoms with Gasteiger partial charge in [0.2, 0.25) is 0 Å². The molecule has 6 rings (SSSR count). The molecule has 0 unspecified atom stereocenters. The van der Waals surface area contributed by atoms with Crippen molar-refractivity contribution in [2.75, 3.05) is 24.5 Å². The Labute approximate surface area is 193 Å². The fourth-order valence-corrected chi connectivity index (χ4v) is 4.88. The number of carbonyl (C=O) groups is 1. The fourth-order valence-electron chi connectivity index (χ4n) is 4.88. The van der Waals surface area contributed by atoms with Crippen LogP contribution in [-0.4, -0.2) is 61.4 Å². The number of halogens is 2. The molecule has 0 bridgehead atoms. The summed E-state index contributed by atoms with van der Waals surface area (Å²) in [6.07, 6.45) is 5.65. The Morgan fingerprint density at radius 1 is 1.03 bits per heavy atom. The largest absolute Gasteiger partial charge is 0.353 e. The molecule has 172 valence electrons. The number of rotatable bonds is 3. The molecule has 0 radical (unpaired) electrons. The Hall–Kier alpha value is -3.95. The topological polar surface area (TPSA) is 80.0 Å². The van der Waals surface area contributed by atoms with Crippen LogP contribution < -0.4 is 4.90 Å². The lowest BCUT2D eigenvalue weighted by Crippen LogP contribution is -2.66. The molecular weight excluding hydrogens is 440 g/mol. The molecule has 2 fully saturated rings. The molecule has 2 atom stereocenters. The number of hydrogen-bond donors (Lipinski definition) is 0. The number of amides is 1. The van der Waals surface area contributed by atoms with Gasteiger partial charge in [-0.05, 0) is 25.5 Å². The highest BCUT2D eigenvalue weighted by molar-refractivity contribution is 5.98. The summed E-state index contributed by atoms with van der Waals surface area (Å²) in [5.74, 6) is -0.945. The lowest BCUT2D eigenvalue weighted by Gasteiger charge is -2.53. The van der Waals surface area contributed by atoms with E-state index in [2.05, 4.69) is 25.1 Å². The highest BCUT2D eigenvalue weighted by atomic mass is 19.2. The second kappa shape index (κ2) is 7.82. The Kier molecular flexibility index (Phi) is 4.75. The van der Waals surface area contributed by atoms with Crippen LogP contribution in [0.2, 0.25) is 0 Å². The van der Waals surface area contributed by atoms with Gasteiger partial charge in [0.25, 0.3) is 5.91 Å². The highest BCUT2D eigenvalue weighted by Gasteiger charge is 2.46. The third-order valence-electron chi connectivity index (χ3n) is 6.73. The van der Waals surface area contributed by atoms with E-state index in [1.807, 2.05) is 30.0 Å². The average Bonchev–Trinajstić information content (AvgIpc) is 3.35. The van der Waals surface area contributed by atoms with Crippen LogP contribution in [0.25, 0.3) is 16.7 Å². The second-order valence-electron chi connectivity index (χ2n) is 8.84. The number of carbonyl (C=O) groups excluding carboxylic acids is 1. The van der Waals surface area contributed by atoms with Crippen LogP contribution in [0.15, 0.2) is 48.9 Å². The number of fused-ring (bicyclic) bond motifs is 2. The molecule has 34 heavy (non-hydrogen) atoms. The minimum absolute atomic E-state index is 0.0302. The second-order valence-corrected chi connectivity index (χ2v) is 8.84. The summed E-state index contributed by atoms with van der Waals surface area (Å²) < 4.78 is 27.2. The van der Waals surface area contributed by atoms with Gasteiger partial charge in [0, 0.05) is 37.7 Å². The van der Waals surface area contributed by atoms with Crippen molar-refractivity contribution in [2.24, 2.45) is 5.92 Å². The number of likely N-dealkylation sites (tertiary alicyclic amines) is 1. The summed E-state index contributed by atoms with van der Waals surface area (Å²) in [6, 6.07) is 7.81. The molecule has 1 amide bonds. The summed E-state index contributed by atoms with van der Waals surface area (Å²) in [5.41, 5.74) is 2.80. The van der Waals surface area contributed by atoms with Crippen LogP contribution in [0.3, 0.4) is 0 Å². The van der Waals surface area contributed by atoms with Crippen molar-refractivity contribution in [1.82, 2.24) is 29.9 Å². The van der Waals surface area contributed by atoms with Gasteiger partial charge in [0.15, 0.2) is 11.6 Å². The molecule has 10 heteroatoms. The number of anilines is 1. The van der Waals surface area contributed by atoms with Gasteiger partial charge in [-0.15, -0.1) is 0 Å². The smallest absolute Gasteiger partial charge is 0.256 e. The number of aryl methyl sites for hydroxylation is 1. The molecule has 2 aliphatic rings. The van der Waals surface area contributed by atoms with Crippen LogP contribution in [0.1, 0.15) is 22.3 Å². The molecule has 0 aliphatic carbocycles. The van der Waals surface area contributed by atoms with Gasteiger partial charge < -0.3 is 9.80 Å². The summed E-state index contributed by atoms with van der Waals surface area (Å²) in [4.78, 5) is 27.7. The quantitative estimate of drug-likeness (QED) is 0.466. The summed E-state index contributed by atoms with van der Waals surface area (Å²) >= 11 is 0. The average molecular weight is 461 g/mol. The summed E-state index contributed by atoms with van der Waals surface area (Å²) in [6.45, 7) is 4.01. The zero-order chi connectivity index (χ0) is 23.4. The van der Waals surface area contributed by atoms with Gasteiger partial charge in [-0.3, -0.25) is 9.78 Å². The predicted octanol–water partition coefficient (Wildman–Crippen LogP) is 3.15. The maximum atomic E-state index is 13.7. The van der Waals surface area contributed by atoms with Crippen molar-refractivity contribution in [2.45, 2.75) is 19.4 Å². The third kappa shape index (κ3) is 3.37. The molecule has 2 aromatic carbocycles. The summed E-state index contributed by atoms with van der Waals surface area (Å²) in [5, 5.41) is 8.39. The first kappa shape index (κ1) is 20.6. The first-order valence-electron chi connectivity index (χ1n) is 11.1. The SMILES string of the molecule is Cc1ccc(-n2nccn2)c(C(=O)N2C[C@@H]3CCN(c4cnc5cc(F)c(F)cc5n4)C[C@@H]32)c1. The maximum Gasteiger partial charge on any atom is 0.256 e. The Morgan fingerprint density at radius 3 is 2.59 bits per heavy atom. The molecule has 4 heterocycles. The maximum absolute atomic E-state index is 13.7. The molecule has 2 aliphatic heterocycles. The van der Waals surface area contributed by atoms with Gasteiger partial charge in [-0.2, -0.15) is 15.0 Å². The van der Waals surface area contributed by atoms with Crippen LogP contribution in [0, 0.1) is 24.5 Å². The van der Waals surface area contributed by atoms with E-state index in [0.29, 0.717) is 47.1 Å². The molecule has 0 N–H and O–H groups in total. The van der Waals surface area contributed by atoms with Crippen LogP contribution in [0.4, 0.5) is 14.6 Å². The van der Waals surface area contributed by atoms with Crippen molar-refractivity contribution >= 4 is 22.8 Å². The van der Waals surface area contributed by atoms with Crippen molar-refractivity contribution in [3.8, 4) is 5.69 Å². The first-order valence-corrected chi connectivity index (χ1v) is 11.1. The number of piperidine rings is 1. The lowest BCUT2D eigenvalue weighted by molar-refractivity contribution is 0.00777. The first-order chi connectivity index (χ1) is 16.5. The van der Waals surface area contributed by atoms with Crippen molar-refractivity contribution in [3.63, 3.8) is 0 Å². The Bertz CT molecular complexity index is 1410. The molecule has 0 spiro atoms. The number of benzene rings is 2. The van der Waals surface area contributed by atoms with E-state index in [0.717, 1.165) is 30.7 Å². The fraction of sp³-hybridized carbons (Fsp3) is 0.292. The van der Waals surface area contributed by atoms with Gasteiger partial charge in [0.1, 0.15) is 5.82 Å². The van der Waals surface area contributed by atoms with Crippen LogP contribution in [0.5, 0.6) is 0 Å². The van der Waals surface area contributed by atoms with Crippen molar-refractivity contribution in [1.29, 1.82) is 0 Å². The standard InChI is InChI=1S/C24H21F2N7O/c1-14-2-3-21(33-28-5-6-29-33)16(8-14)24(34)32-12-15-4-7-31(13-22(15)32)23-11-27-19-9-17(25)18(26)10-20(19)30-23/h2-3,5-6,8-11,15,22H,4,7,12-13H2,1H3/t15-,22-/m0/s1. The molecule has 2 saturated heterocycles. The van der Waals surface area contributed by atoms with Gasteiger partial charge in [0.05, 0.1) is 46.9 Å². The van der Waals surface area contributed by atoms with E-state index in [9.17, 15) is 13.6 Å². The van der Waals surface area contributed by atoms with Gasteiger partial charge >= 0.3 is 0 Å². The molecule has 8 nitrogen and oxygen atoms in total. The lowest BCUT2D eigenvalue weighted by atomic mass is 9.81. The Morgan fingerprint density at radius 2 is 1.79 bits per heavy atom. The van der Waals surface area contributed by atoms with Gasteiger partial charge in [-0.25, -0.2) is 13.8 Å². The summed E-state index contributed by atoms with van der Waals surface area (Å²) in [7, 11) is 0. The number of hydrogen-bond acceptors (Lipinski definition) is 6. The van der Waals surface area contributed by atoms with E-state index < -0.39 is 11.6 Å². The zero-order valence-corrected chi connectivity index (χ0v) is 18.4. The molecule has 2 aromatic heterocycles. The third-order valence-corrected chi connectivity index (χ3v) is 6.73. The monoisotopic (exact) mass is 461 g/mol. The van der Waals surface area contributed by atoms with Crippen molar-refractivity contribution in [3.05, 3.63) is 71.7 Å². The molecular formula is C24H21F2N7O.